The highest BCUT2D eigenvalue weighted by Crippen LogP contribution is 2.25. The van der Waals surface area contributed by atoms with Gasteiger partial charge in [0.2, 0.25) is 5.78 Å². The molecule has 0 aliphatic rings. The van der Waals surface area contributed by atoms with Crippen LogP contribution in [0.25, 0.3) is 17.0 Å². The summed E-state index contributed by atoms with van der Waals surface area (Å²) < 4.78 is 10.5. The smallest absolute Gasteiger partial charge is 0.221 e. The molecule has 0 saturated carbocycles. The molecule has 0 aliphatic heterocycles. The first kappa shape index (κ1) is 15.3. The third-order valence-corrected chi connectivity index (χ3v) is 3.56. The van der Waals surface area contributed by atoms with Crippen molar-refractivity contribution in [2.45, 2.75) is 6.92 Å². The van der Waals surface area contributed by atoms with Crippen molar-refractivity contribution in [1.82, 2.24) is 4.98 Å². The summed E-state index contributed by atoms with van der Waals surface area (Å²) >= 11 is 6.20. The van der Waals surface area contributed by atoms with Crippen molar-refractivity contribution in [2.75, 3.05) is 6.61 Å². The molecule has 0 saturated heterocycles. The van der Waals surface area contributed by atoms with Gasteiger partial charge in [0.1, 0.15) is 10.9 Å². The van der Waals surface area contributed by atoms with Gasteiger partial charge < -0.3 is 9.15 Å². The largest absolute Gasteiger partial charge is 0.494 e. The second-order valence-electron chi connectivity index (χ2n) is 4.83. The lowest BCUT2D eigenvalue weighted by Gasteiger charge is -2.06. The molecule has 3 rings (SSSR count). The van der Waals surface area contributed by atoms with Crippen molar-refractivity contribution in [2.24, 2.45) is 0 Å². The summed E-state index contributed by atoms with van der Waals surface area (Å²) in [4.78, 5) is 16.3. The van der Waals surface area contributed by atoms with Gasteiger partial charge in [-0.25, -0.2) is 4.98 Å². The van der Waals surface area contributed by atoms with E-state index in [1.54, 1.807) is 18.2 Å². The predicted octanol–water partition coefficient (Wildman–Crippen LogP) is 4.78. The molecule has 23 heavy (non-hydrogen) atoms. The lowest BCUT2D eigenvalue weighted by Crippen LogP contribution is -1.93. The van der Waals surface area contributed by atoms with Crippen LogP contribution in [0.5, 0.6) is 5.75 Å². The Kier molecular flexibility index (Phi) is 4.44. The number of aromatic nitrogens is 1. The lowest BCUT2D eigenvalue weighted by molar-refractivity contribution is 0.102. The highest BCUT2D eigenvalue weighted by atomic mass is 35.5. The van der Waals surface area contributed by atoms with E-state index in [0.29, 0.717) is 17.3 Å². The van der Waals surface area contributed by atoms with Crippen molar-refractivity contribution >= 4 is 34.4 Å². The number of halogens is 1. The van der Waals surface area contributed by atoms with Crippen molar-refractivity contribution in [3.63, 3.8) is 0 Å². The molecular weight excluding hydrogens is 314 g/mol. The fraction of sp³-hybridized carbons (Fsp3) is 0.111. The molecule has 0 bridgehead atoms. The molecular formula is C18H14ClNO3. The van der Waals surface area contributed by atoms with Gasteiger partial charge in [-0.3, -0.25) is 4.79 Å². The van der Waals surface area contributed by atoms with E-state index >= 15 is 0 Å². The van der Waals surface area contributed by atoms with Crippen LogP contribution in [0.2, 0.25) is 5.15 Å². The van der Waals surface area contributed by atoms with Crippen LogP contribution in [-0.4, -0.2) is 17.4 Å². The summed E-state index contributed by atoms with van der Waals surface area (Å²) in [5.74, 6) is 0.810. The quantitative estimate of drug-likeness (QED) is 0.384. The molecule has 2 heterocycles. The lowest BCUT2D eigenvalue weighted by atomic mass is 10.1. The second kappa shape index (κ2) is 6.67. The molecule has 0 fully saturated rings. The molecule has 0 radical (unpaired) electrons. The fourth-order valence-electron chi connectivity index (χ4n) is 2.18. The van der Waals surface area contributed by atoms with Gasteiger partial charge in [-0.15, -0.1) is 0 Å². The van der Waals surface area contributed by atoms with Crippen LogP contribution in [0.4, 0.5) is 0 Å². The molecule has 0 amide bonds. The zero-order valence-electron chi connectivity index (χ0n) is 12.5. The van der Waals surface area contributed by atoms with E-state index in [9.17, 15) is 4.79 Å². The van der Waals surface area contributed by atoms with Crippen LogP contribution >= 0.6 is 11.6 Å². The summed E-state index contributed by atoms with van der Waals surface area (Å²) in [6.07, 6.45) is 4.51. The first-order valence-corrected chi connectivity index (χ1v) is 7.54. The third kappa shape index (κ3) is 3.43. The van der Waals surface area contributed by atoms with Gasteiger partial charge in [-0.05, 0) is 49.4 Å². The SMILES string of the molecule is CCOc1ccc2cc(/C=C\C(=O)c3ccco3)c(Cl)nc2c1. The second-order valence-corrected chi connectivity index (χ2v) is 5.19. The Labute approximate surface area is 138 Å². The Morgan fingerprint density at radius 2 is 2.22 bits per heavy atom. The van der Waals surface area contributed by atoms with E-state index in [-0.39, 0.29) is 11.5 Å². The summed E-state index contributed by atoms with van der Waals surface area (Å²) in [7, 11) is 0. The Bertz CT molecular complexity index is 869. The highest BCUT2D eigenvalue weighted by Gasteiger charge is 2.07. The molecule has 2 aromatic heterocycles. The minimum Gasteiger partial charge on any atom is -0.494 e. The van der Waals surface area contributed by atoms with Crippen LogP contribution in [0, 0.1) is 0 Å². The van der Waals surface area contributed by atoms with E-state index in [1.165, 1.54) is 12.3 Å². The maximum absolute atomic E-state index is 11.9. The van der Waals surface area contributed by atoms with Gasteiger partial charge in [0.15, 0.2) is 5.76 Å². The summed E-state index contributed by atoms with van der Waals surface area (Å²) in [5, 5.41) is 1.25. The number of pyridine rings is 1. The number of allylic oxidation sites excluding steroid dienone is 1. The average molecular weight is 328 g/mol. The third-order valence-electron chi connectivity index (χ3n) is 3.26. The molecule has 0 N–H and O–H groups in total. The Morgan fingerprint density at radius 3 is 2.96 bits per heavy atom. The Morgan fingerprint density at radius 1 is 1.35 bits per heavy atom. The van der Waals surface area contributed by atoms with Gasteiger partial charge in [0.25, 0.3) is 0 Å². The number of hydrogen-bond acceptors (Lipinski definition) is 4. The Balaban J connectivity index is 1.91. The first-order valence-electron chi connectivity index (χ1n) is 7.16. The number of nitrogens with zero attached hydrogens (tertiary/aromatic N) is 1. The molecule has 5 heteroatoms. The zero-order valence-corrected chi connectivity index (χ0v) is 13.2. The van der Waals surface area contributed by atoms with Crippen molar-refractivity contribution in [1.29, 1.82) is 0 Å². The maximum Gasteiger partial charge on any atom is 0.221 e. The summed E-state index contributed by atoms with van der Waals surface area (Å²) in [5.41, 5.74) is 1.42. The molecule has 4 nitrogen and oxygen atoms in total. The number of carbonyl (C=O) groups is 1. The van der Waals surface area contributed by atoms with Crippen LogP contribution in [0.3, 0.4) is 0 Å². The normalized spacial score (nSPS) is 11.2. The highest BCUT2D eigenvalue weighted by molar-refractivity contribution is 6.31. The number of ether oxygens (including phenoxy) is 1. The monoisotopic (exact) mass is 327 g/mol. The van der Waals surface area contributed by atoms with Crippen LogP contribution in [0.15, 0.2) is 53.2 Å². The average Bonchev–Trinajstić information content (AvgIpc) is 3.07. The molecule has 0 spiro atoms. The summed E-state index contributed by atoms with van der Waals surface area (Å²) in [6.45, 7) is 2.52. The molecule has 116 valence electrons. The number of ketones is 1. The number of hydrogen-bond donors (Lipinski definition) is 0. The Hall–Kier alpha value is -2.59. The fourth-order valence-corrected chi connectivity index (χ4v) is 2.39. The number of carbonyl (C=O) groups excluding carboxylic acids is 1. The summed E-state index contributed by atoms with van der Waals surface area (Å²) in [6, 6.07) is 10.8. The molecule has 0 unspecified atom stereocenters. The standard InChI is InChI=1S/C18H14ClNO3/c1-2-22-14-7-5-12-10-13(18(19)20-15(12)11-14)6-8-16(21)17-4-3-9-23-17/h3-11H,2H2,1H3/b8-6-. The van der Waals surface area contributed by atoms with E-state index in [0.717, 1.165) is 16.7 Å². The van der Waals surface area contributed by atoms with E-state index in [2.05, 4.69) is 4.98 Å². The minimum atomic E-state index is -0.224. The minimum absolute atomic E-state index is 0.224. The van der Waals surface area contributed by atoms with Crippen LogP contribution in [0.1, 0.15) is 23.0 Å². The van der Waals surface area contributed by atoms with Gasteiger partial charge in [0, 0.05) is 17.0 Å². The molecule has 0 atom stereocenters. The number of benzene rings is 1. The zero-order chi connectivity index (χ0) is 16.2. The number of fused-ring (bicyclic) bond motifs is 1. The maximum atomic E-state index is 11.9. The van der Waals surface area contributed by atoms with Gasteiger partial charge in [0.05, 0.1) is 18.4 Å². The molecule has 3 aromatic rings. The number of furan rings is 1. The topological polar surface area (TPSA) is 52.3 Å². The van der Waals surface area contributed by atoms with Crippen molar-refractivity contribution in [3.05, 3.63) is 65.2 Å². The first-order chi connectivity index (χ1) is 11.2. The van der Waals surface area contributed by atoms with Gasteiger partial charge in [-0.1, -0.05) is 11.6 Å². The van der Waals surface area contributed by atoms with Crippen molar-refractivity contribution < 1.29 is 13.9 Å². The van der Waals surface area contributed by atoms with Crippen LogP contribution in [-0.2, 0) is 0 Å². The van der Waals surface area contributed by atoms with E-state index in [4.69, 9.17) is 20.8 Å². The van der Waals surface area contributed by atoms with Gasteiger partial charge >= 0.3 is 0 Å². The van der Waals surface area contributed by atoms with Gasteiger partial charge in [-0.2, -0.15) is 0 Å². The molecule has 1 aromatic carbocycles. The van der Waals surface area contributed by atoms with Crippen molar-refractivity contribution in [3.8, 4) is 5.75 Å². The van der Waals surface area contributed by atoms with E-state index < -0.39 is 0 Å². The van der Waals surface area contributed by atoms with Crippen LogP contribution < -0.4 is 4.74 Å². The number of rotatable bonds is 5. The molecule has 0 aliphatic carbocycles. The predicted molar refractivity (Wildman–Crippen MR) is 90.0 cm³/mol. The van der Waals surface area contributed by atoms with E-state index in [1.807, 2.05) is 31.2 Å².